The van der Waals surface area contributed by atoms with E-state index < -0.39 is 6.61 Å². The Morgan fingerprint density at radius 1 is 1.42 bits per heavy atom. The molecule has 0 saturated carbocycles. The van der Waals surface area contributed by atoms with Crippen LogP contribution in [0.1, 0.15) is 24.2 Å². The largest absolute Gasteiger partial charge is 0.434 e. The number of halogens is 2. The molecule has 19 heavy (non-hydrogen) atoms. The van der Waals surface area contributed by atoms with Crippen molar-refractivity contribution < 1.29 is 18.3 Å². The maximum absolute atomic E-state index is 12.3. The number of nitrogens with zero attached hydrogens (tertiary/aromatic N) is 1. The second-order valence-corrected chi connectivity index (χ2v) is 4.15. The Bertz CT molecular complexity index is 461. The molecule has 0 aliphatic rings. The molecule has 0 N–H and O–H groups in total. The minimum Gasteiger partial charge on any atom is -0.434 e. The SMILES string of the molecule is C=C(C)CN(CC)C(=O)c1ccccc1OC(F)F. The number of ether oxygens (including phenoxy) is 1. The van der Waals surface area contributed by atoms with E-state index in [4.69, 9.17) is 0 Å². The highest BCUT2D eigenvalue weighted by molar-refractivity contribution is 5.97. The van der Waals surface area contributed by atoms with E-state index in [0.717, 1.165) is 5.57 Å². The molecule has 0 fully saturated rings. The summed E-state index contributed by atoms with van der Waals surface area (Å²) in [7, 11) is 0. The van der Waals surface area contributed by atoms with E-state index in [2.05, 4.69) is 11.3 Å². The molecule has 1 rings (SSSR count). The van der Waals surface area contributed by atoms with Crippen LogP contribution in [0.5, 0.6) is 5.75 Å². The van der Waals surface area contributed by atoms with Crippen LogP contribution in [-0.4, -0.2) is 30.5 Å². The first-order valence-electron chi connectivity index (χ1n) is 5.93. The average molecular weight is 269 g/mol. The maximum Gasteiger partial charge on any atom is 0.387 e. The predicted octanol–water partition coefficient (Wildman–Crippen LogP) is 3.33. The summed E-state index contributed by atoms with van der Waals surface area (Å²) >= 11 is 0. The molecule has 0 aromatic heterocycles. The Balaban J connectivity index is 3.00. The van der Waals surface area contributed by atoms with Crippen LogP contribution < -0.4 is 4.74 Å². The molecule has 0 saturated heterocycles. The number of amides is 1. The first-order chi connectivity index (χ1) is 8.95. The normalized spacial score (nSPS) is 10.4. The molecule has 0 heterocycles. The number of carbonyl (C=O) groups excluding carboxylic acids is 1. The second kappa shape index (κ2) is 6.87. The van der Waals surface area contributed by atoms with Gasteiger partial charge in [0.15, 0.2) is 0 Å². The van der Waals surface area contributed by atoms with Crippen molar-refractivity contribution in [2.45, 2.75) is 20.5 Å². The van der Waals surface area contributed by atoms with Crippen molar-refractivity contribution in [2.24, 2.45) is 0 Å². The van der Waals surface area contributed by atoms with E-state index in [9.17, 15) is 13.6 Å². The third kappa shape index (κ3) is 4.35. The van der Waals surface area contributed by atoms with Crippen molar-refractivity contribution >= 4 is 5.91 Å². The summed E-state index contributed by atoms with van der Waals surface area (Å²) in [6.45, 7) is 5.27. The van der Waals surface area contributed by atoms with Crippen molar-refractivity contribution in [1.82, 2.24) is 4.90 Å². The summed E-state index contributed by atoms with van der Waals surface area (Å²) in [5, 5.41) is 0. The zero-order valence-corrected chi connectivity index (χ0v) is 11.0. The van der Waals surface area contributed by atoms with Crippen LogP contribution in [0.25, 0.3) is 0 Å². The van der Waals surface area contributed by atoms with Crippen molar-refractivity contribution in [3.05, 3.63) is 42.0 Å². The van der Waals surface area contributed by atoms with Gasteiger partial charge in [-0.2, -0.15) is 8.78 Å². The Hall–Kier alpha value is -1.91. The Kier molecular flexibility index (Phi) is 5.48. The lowest BCUT2D eigenvalue weighted by molar-refractivity contribution is -0.0502. The van der Waals surface area contributed by atoms with Gasteiger partial charge in [0.05, 0.1) is 5.56 Å². The highest BCUT2D eigenvalue weighted by atomic mass is 19.3. The molecular formula is C14H17F2NO2. The van der Waals surface area contributed by atoms with Gasteiger partial charge >= 0.3 is 6.61 Å². The molecule has 5 heteroatoms. The third-order valence-electron chi connectivity index (χ3n) is 2.46. The molecule has 104 valence electrons. The lowest BCUT2D eigenvalue weighted by atomic mass is 10.1. The van der Waals surface area contributed by atoms with E-state index >= 15 is 0 Å². The first-order valence-corrected chi connectivity index (χ1v) is 5.93. The number of para-hydroxylation sites is 1. The van der Waals surface area contributed by atoms with Crippen LogP contribution in [0.15, 0.2) is 36.4 Å². The van der Waals surface area contributed by atoms with Gasteiger partial charge in [-0.05, 0) is 26.0 Å². The molecule has 3 nitrogen and oxygen atoms in total. The van der Waals surface area contributed by atoms with Crippen molar-refractivity contribution in [1.29, 1.82) is 0 Å². The van der Waals surface area contributed by atoms with E-state index in [1.54, 1.807) is 19.1 Å². The minimum atomic E-state index is -2.95. The summed E-state index contributed by atoms with van der Waals surface area (Å²) in [6, 6.07) is 5.98. The number of likely N-dealkylation sites (N-methyl/N-ethyl adjacent to an activating group) is 1. The van der Waals surface area contributed by atoms with Crippen LogP contribution in [0.2, 0.25) is 0 Å². The number of alkyl halides is 2. The van der Waals surface area contributed by atoms with Gasteiger partial charge in [0, 0.05) is 13.1 Å². The monoisotopic (exact) mass is 269 g/mol. The third-order valence-corrected chi connectivity index (χ3v) is 2.46. The molecule has 0 aliphatic carbocycles. The molecule has 0 atom stereocenters. The fourth-order valence-electron chi connectivity index (χ4n) is 1.67. The maximum atomic E-state index is 12.3. The second-order valence-electron chi connectivity index (χ2n) is 4.15. The molecule has 0 spiro atoms. The van der Waals surface area contributed by atoms with Crippen LogP contribution in [0, 0.1) is 0 Å². The molecule has 1 amide bonds. The number of hydrogen-bond donors (Lipinski definition) is 0. The summed E-state index contributed by atoms with van der Waals surface area (Å²) in [6.07, 6.45) is 0. The minimum absolute atomic E-state index is 0.109. The van der Waals surface area contributed by atoms with Gasteiger partial charge in [-0.1, -0.05) is 24.3 Å². The molecule has 0 unspecified atom stereocenters. The number of rotatable bonds is 6. The zero-order valence-electron chi connectivity index (χ0n) is 11.0. The number of benzene rings is 1. The lowest BCUT2D eigenvalue weighted by Gasteiger charge is -2.22. The smallest absolute Gasteiger partial charge is 0.387 e. The molecule has 0 aliphatic heterocycles. The quantitative estimate of drug-likeness (QED) is 0.741. The van der Waals surface area contributed by atoms with Gasteiger partial charge in [0.25, 0.3) is 5.91 Å². The average Bonchev–Trinajstić information content (AvgIpc) is 2.35. The van der Waals surface area contributed by atoms with E-state index in [1.165, 1.54) is 17.0 Å². The standard InChI is InChI=1S/C14H17F2NO2/c1-4-17(9-10(2)3)13(18)11-7-5-6-8-12(11)19-14(15)16/h5-8,14H,2,4,9H2,1,3H3. The van der Waals surface area contributed by atoms with E-state index in [0.29, 0.717) is 13.1 Å². The summed E-state index contributed by atoms with van der Waals surface area (Å²) in [5.41, 5.74) is 0.952. The Morgan fingerprint density at radius 2 is 2.05 bits per heavy atom. The molecule has 0 bridgehead atoms. The first kappa shape index (κ1) is 15.1. The molecule has 1 aromatic carbocycles. The fraction of sp³-hybridized carbons (Fsp3) is 0.357. The van der Waals surface area contributed by atoms with Crippen molar-refractivity contribution in [3.63, 3.8) is 0 Å². The molecule has 1 aromatic rings. The highest BCUT2D eigenvalue weighted by Gasteiger charge is 2.19. The Morgan fingerprint density at radius 3 is 2.58 bits per heavy atom. The number of carbonyl (C=O) groups is 1. The number of hydrogen-bond acceptors (Lipinski definition) is 2. The van der Waals surface area contributed by atoms with Gasteiger partial charge in [-0.25, -0.2) is 0 Å². The lowest BCUT2D eigenvalue weighted by Crippen LogP contribution is -2.32. The topological polar surface area (TPSA) is 29.5 Å². The van der Waals surface area contributed by atoms with Gasteiger partial charge in [-0.15, -0.1) is 0 Å². The van der Waals surface area contributed by atoms with Gasteiger partial charge < -0.3 is 9.64 Å². The van der Waals surface area contributed by atoms with Gasteiger partial charge in [0.2, 0.25) is 0 Å². The highest BCUT2D eigenvalue weighted by Crippen LogP contribution is 2.22. The van der Waals surface area contributed by atoms with Crippen LogP contribution >= 0.6 is 0 Å². The van der Waals surface area contributed by atoms with E-state index in [-0.39, 0.29) is 17.2 Å². The van der Waals surface area contributed by atoms with Crippen molar-refractivity contribution in [2.75, 3.05) is 13.1 Å². The van der Waals surface area contributed by atoms with Crippen LogP contribution in [-0.2, 0) is 0 Å². The van der Waals surface area contributed by atoms with Crippen LogP contribution in [0.4, 0.5) is 8.78 Å². The summed E-state index contributed by atoms with van der Waals surface area (Å²) in [4.78, 5) is 13.8. The van der Waals surface area contributed by atoms with Crippen molar-refractivity contribution in [3.8, 4) is 5.75 Å². The molecular weight excluding hydrogens is 252 g/mol. The summed E-state index contributed by atoms with van der Waals surface area (Å²) in [5.74, 6) is -0.454. The fourth-order valence-corrected chi connectivity index (χ4v) is 1.67. The molecule has 0 radical (unpaired) electrons. The zero-order chi connectivity index (χ0) is 14.4. The predicted molar refractivity (Wildman–Crippen MR) is 69.5 cm³/mol. The van der Waals surface area contributed by atoms with Gasteiger partial charge in [-0.3, -0.25) is 4.79 Å². The Labute approximate surface area is 111 Å². The van der Waals surface area contributed by atoms with Gasteiger partial charge in [0.1, 0.15) is 5.75 Å². The summed E-state index contributed by atoms with van der Waals surface area (Å²) < 4.78 is 29.0. The van der Waals surface area contributed by atoms with Crippen LogP contribution in [0.3, 0.4) is 0 Å². The van der Waals surface area contributed by atoms with E-state index in [1.807, 2.05) is 6.92 Å².